The van der Waals surface area contributed by atoms with Gasteiger partial charge in [-0.25, -0.2) is 4.79 Å². The number of hydrogen-bond donors (Lipinski definition) is 1. The van der Waals surface area contributed by atoms with Gasteiger partial charge in [0.15, 0.2) is 11.4 Å². The van der Waals surface area contributed by atoms with Crippen LogP contribution in [0.5, 0.6) is 0 Å². The monoisotopic (exact) mass is 324 g/mol. The smallest absolute Gasteiger partial charge is 0.408 e. The molecular formula is C18H16N2O4. The molecule has 1 amide bonds. The van der Waals surface area contributed by atoms with Crippen LogP contribution in [0.25, 0.3) is 11.1 Å². The summed E-state index contributed by atoms with van der Waals surface area (Å²) in [5.41, 5.74) is 2.07. The molecule has 122 valence electrons. The zero-order chi connectivity index (χ0) is 17.1. The van der Waals surface area contributed by atoms with Crippen molar-refractivity contribution in [2.75, 3.05) is 11.9 Å². The second-order valence-electron chi connectivity index (χ2n) is 5.44. The highest BCUT2D eigenvalue weighted by molar-refractivity contribution is 6.02. The number of nitrogens with one attached hydrogen (secondary N) is 1. The molecule has 0 fully saturated rings. The maximum atomic E-state index is 12.3. The molecule has 0 saturated heterocycles. The van der Waals surface area contributed by atoms with Crippen molar-refractivity contribution in [3.63, 3.8) is 0 Å². The summed E-state index contributed by atoms with van der Waals surface area (Å²) in [5, 5.41) is 0. The van der Waals surface area contributed by atoms with Crippen LogP contribution in [-0.2, 0) is 4.79 Å². The van der Waals surface area contributed by atoms with Crippen LogP contribution in [0.3, 0.4) is 0 Å². The van der Waals surface area contributed by atoms with Gasteiger partial charge in [-0.15, -0.1) is 0 Å². The van der Waals surface area contributed by atoms with Crippen molar-refractivity contribution in [2.24, 2.45) is 0 Å². The van der Waals surface area contributed by atoms with Crippen LogP contribution >= 0.6 is 0 Å². The van der Waals surface area contributed by atoms with Gasteiger partial charge >= 0.3 is 5.76 Å². The minimum atomic E-state index is -0.561. The quantitative estimate of drug-likeness (QED) is 0.732. The predicted octanol–water partition coefficient (Wildman–Crippen LogP) is 2.75. The molecule has 0 spiro atoms. The van der Waals surface area contributed by atoms with E-state index in [4.69, 9.17) is 4.42 Å². The zero-order valence-corrected chi connectivity index (χ0v) is 13.1. The van der Waals surface area contributed by atoms with Crippen molar-refractivity contribution in [1.29, 1.82) is 0 Å². The van der Waals surface area contributed by atoms with E-state index in [1.165, 1.54) is 11.0 Å². The molecule has 6 nitrogen and oxygen atoms in total. The summed E-state index contributed by atoms with van der Waals surface area (Å²) < 4.78 is 4.94. The van der Waals surface area contributed by atoms with Gasteiger partial charge in [0.1, 0.15) is 0 Å². The van der Waals surface area contributed by atoms with E-state index in [1.54, 1.807) is 19.2 Å². The number of oxazole rings is 1. The number of carbonyl (C=O) groups is 2. The van der Waals surface area contributed by atoms with E-state index in [-0.39, 0.29) is 24.5 Å². The van der Waals surface area contributed by atoms with Gasteiger partial charge in [-0.3, -0.25) is 14.6 Å². The molecule has 1 heterocycles. The zero-order valence-electron chi connectivity index (χ0n) is 13.1. The van der Waals surface area contributed by atoms with Gasteiger partial charge in [-0.05, 0) is 30.3 Å². The number of ketones is 1. The first-order chi connectivity index (χ1) is 11.5. The number of para-hydroxylation sites is 1. The topological polar surface area (TPSA) is 83.4 Å². The number of fused-ring (bicyclic) bond motifs is 1. The van der Waals surface area contributed by atoms with Gasteiger partial charge in [0.05, 0.1) is 5.52 Å². The maximum Gasteiger partial charge on any atom is 0.417 e. The second-order valence-corrected chi connectivity index (χ2v) is 5.44. The second kappa shape index (κ2) is 6.54. The molecule has 2 aromatic carbocycles. The Hall–Kier alpha value is -3.15. The Balaban J connectivity index is 1.65. The molecule has 0 aliphatic rings. The van der Waals surface area contributed by atoms with Gasteiger partial charge in [-0.1, -0.05) is 18.2 Å². The number of aromatic amines is 1. The molecule has 0 aliphatic heterocycles. The van der Waals surface area contributed by atoms with Crippen LogP contribution in [0.15, 0.2) is 57.7 Å². The Kier molecular flexibility index (Phi) is 4.29. The minimum absolute atomic E-state index is 0.0934. The number of rotatable bonds is 5. The van der Waals surface area contributed by atoms with Crippen molar-refractivity contribution in [1.82, 2.24) is 4.98 Å². The highest BCUT2D eigenvalue weighted by Crippen LogP contribution is 2.16. The van der Waals surface area contributed by atoms with Crippen molar-refractivity contribution < 1.29 is 14.0 Å². The summed E-state index contributed by atoms with van der Waals surface area (Å²) in [6.07, 6.45) is 0.204. The van der Waals surface area contributed by atoms with Gasteiger partial charge in [0.2, 0.25) is 5.91 Å². The summed E-state index contributed by atoms with van der Waals surface area (Å²) >= 11 is 0. The average Bonchev–Trinajstić information content (AvgIpc) is 2.98. The number of Topliss-reactive ketones (excluding diaryl/α,β-unsaturated/α-hetero) is 1. The molecule has 3 rings (SSSR count). The molecule has 0 atom stereocenters. The van der Waals surface area contributed by atoms with Gasteiger partial charge in [-0.2, -0.15) is 0 Å². The fraction of sp³-hybridized carbons (Fsp3) is 0.167. The Labute approximate surface area is 137 Å². The first-order valence-electron chi connectivity index (χ1n) is 7.52. The SMILES string of the molecule is CN(C(=O)CCC(=O)c1ccc2[nH]c(=O)oc2c1)c1ccccc1. The molecule has 1 N–H and O–H groups in total. The molecular weight excluding hydrogens is 308 g/mol. The van der Waals surface area contributed by atoms with Gasteiger partial charge in [0.25, 0.3) is 0 Å². The van der Waals surface area contributed by atoms with Crippen LogP contribution < -0.4 is 10.7 Å². The first-order valence-corrected chi connectivity index (χ1v) is 7.52. The molecule has 1 aromatic heterocycles. The van der Waals surface area contributed by atoms with Gasteiger partial charge in [0, 0.05) is 31.1 Å². The third kappa shape index (κ3) is 3.27. The van der Waals surface area contributed by atoms with Crippen LogP contribution in [0.1, 0.15) is 23.2 Å². The highest BCUT2D eigenvalue weighted by Gasteiger charge is 2.15. The fourth-order valence-corrected chi connectivity index (χ4v) is 2.45. The molecule has 0 aliphatic carbocycles. The van der Waals surface area contributed by atoms with Crippen LogP contribution in [0.2, 0.25) is 0 Å². The molecule has 0 radical (unpaired) electrons. The van der Waals surface area contributed by atoms with E-state index >= 15 is 0 Å². The Morgan fingerprint density at radius 2 is 1.83 bits per heavy atom. The van der Waals surface area contributed by atoms with E-state index in [2.05, 4.69) is 4.98 Å². The lowest BCUT2D eigenvalue weighted by atomic mass is 10.1. The predicted molar refractivity (Wildman–Crippen MR) is 90.3 cm³/mol. The maximum absolute atomic E-state index is 12.3. The Morgan fingerprint density at radius 1 is 1.08 bits per heavy atom. The first kappa shape index (κ1) is 15.7. The molecule has 0 saturated carbocycles. The number of benzene rings is 2. The summed E-state index contributed by atoms with van der Waals surface area (Å²) in [6, 6.07) is 14.0. The molecule has 6 heteroatoms. The lowest BCUT2D eigenvalue weighted by Crippen LogP contribution is -2.26. The molecule has 24 heavy (non-hydrogen) atoms. The summed E-state index contributed by atoms with van der Waals surface area (Å²) in [5.74, 6) is -0.867. The number of amides is 1. The fourth-order valence-electron chi connectivity index (χ4n) is 2.45. The molecule has 0 unspecified atom stereocenters. The normalized spacial score (nSPS) is 10.7. The number of anilines is 1. The van der Waals surface area contributed by atoms with E-state index in [1.807, 2.05) is 30.3 Å². The number of H-pyrrole nitrogens is 1. The summed E-state index contributed by atoms with van der Waals surface area (Å²) in [6.45, 7) is 0. The van der Waals surface area contributed by atoms with Crippen molar-refractivity contribution >= 4 is 28.5 Å². The van der Waals surface area contributed by atoms with E-state index < -0.39 is 5.76 Å². The molecule has 3 aromatic rings. The minimum Gasteiger partial charge on any atom is -0.408 e. The highest BCUT2D eigenvalue weighted by atomic mass is 16.4. The number of hydrogen-bond acceptors (Lipinski definition) is 4. The van der Waals surface area contributed by atoms with E-state index in [0.29, 0.717) is 16.7 Å². The average molecular weight is 324 g/mol. The number of carbonyl (C=O) groups excluding carboxylic acids is 2. The van der Waals surface area contributed by atoms with Crippen LogP contribution in [0, 0.1) is 0 Å². The number of nitrogens with zero attached hydrogens (tertiary/aromatic N) is 1. The van der Waals surface area contributed by atoms with Crippen molar-refractivity contribution in [2.45, 2.75) is 12.8 Å². The van der Waals surface area contributed by atoms with E-state index in [0.717, 1.165) is 5.69 Å². The number of aromatic nitrogens is 1. The van der Waals surface area contributed by atoms with Gasteiger partial charge < -0.3 is 9.32 Å². The van der Waals surface area contributed by atoms with Crippen LogP contribution in [-0.4, -0.2) is 23.7 Å². The van der Waals surface area contributed by atoms with Crippen molar-refractivity contribution in [3.05, 3.63) is 64.6 Å². The Morgan fingerprint density at radius 3 is 2.58 bits per heavy atom. The van der Waals surface area contributed by atoms with Crippen molar-refractivity contribution in [3.8, 4) is 0 Å². The lowest BCUT2D eigenvalue weighted by molar-refractivity contribution is -0.118. The Bertz CT molecular complexity index is 940. The van der Waals surface area contributed by atoms with Crippen LogP contribution in [0.4, 0.5) is 5.69 Å². The van der Waals surface area contributed by atoms with E-state index in [9.17, 15) is 14.4 Å². The molecule has 0 bridgehead atoms. The largest absolute Gasteiger partial charge is 0.417 e. The summed E-state index contributed by atoms with van der Waals surface area (Å²) in [7, 11) is 1.68. The standard InChI is InChI=1S/C18H16N2O4/c1-20(13-5-3-2-4-6-13)17(22)10-9-15(21)12-7-8-14-16(11-12)24-18(23)19-14/h2-8,11H,9-10H2,1H3,(H,19,23). The third-order valence-corrected chi connectivity index (χ3v) is 3.83. The third-order valence-electron chi connectivity index (χ3n) is 3.83. The summed E-state index contributed by atoms with van der Waals surface area (Å²) in [4.78, 5) is 39.6. The lowest BCUT2D eigenvalue weighted by Gasteiger charge is -2.16.